The van der Waals surface area contributed by atoms with Crippen LogP contribution in [0.2, 0.25) is 0 Å². The first-order chi connectivity index (χ1) is 10.6. The predicted octanol–water partition coefficient (Wildman–Crippen LogP) is 1.60. The third-order valence-corrected chi connectivity index (χ3v) is 6.16. The molecule has 5 nitrogen and oxygen atoms in total. The summed E-state index contributed by atoms with van der Waals surface area (Å²) in [6, 6.07) is 3.98. The first kappa shape index (κ1) is 18.3. The van der Waals surface area contributed by atoms with Crippen LogP contribution in [-0.4, -0.2) is 62.1 Å². The lowest BCUT2D eigenvalue weighted by atomic mass is 9.94. The van der Waals surface area contributed by atoms with Gasteiger partial charge in [-0.05, 0) is 58.0 Å². The normalized spacial score (nSPS) is 23.9. The molecule has 7 heteroatoms. The van der Waals surface area contributed by atoms with Crippen LogP contribution in [0.4, 0.5) is 4.39 Å². The summed E-state index contributed by atoms with van der Waals surface area (Å²) >= 11 is 0. The van der Waals surface area contributed by atoms with Gasteiger partial charge in [0, 0.05) is 19.6 Å². The largest absolute Gasteiger partial charge is 0.389 e. The number of aryl methyl sites for hydroxylation is 1. The van der Waals surface area contributed by atoms with Gasteiger partial charge in [0.25, 0.3) is 0 Å². The second-order valence-corrected chi connectivity index (χ2v) is 8.57. The van der Waals surface area contributed by atoms with Gasteiger partial charge in [0.05, 0.1) is 10.5 Å². The van der Waals surface area contributed by atoms with Crippen LogP contribution < -0.4 is 0 Å². The highest BCUT2D eigenvalue weighted by Crippen LogP contribution is 2.27. The second-order valence-electron chi connectivity index (χ2n) is 6.63. The molecule has 2 rings (SSSR count). The van der Waals surface area contributed by atoms with Crippen LogP contribution >= 0.6 is 0 Å². The Kier molecular flexibility index (Phi) is 5.45. The summed E-state index contributed by atoms with van der Waals surface area (Å²) in [5, 5.41) is 10.6. The Bertz CT molecular complexity index is 663. The van der Waals surface area contributed by atoms with Crippen LogP contribution in [0.25, 0.3) is 0 Å². The summed E-state index contributed by atoms with van der Waals surface area (Å²) in [6.45, 7) is 2.68. The summed E-state index contributed by atoms with van der Waals surface area (Å²) in [7, 11) is 0.0281. The fourth-order valence-corrected chi connectivity index (χ4v) is 4.52. The Morgan fingerprint density at radius 3 is 2.61 bits per heavy atom. The lowest BCUT2D eigenvalue weighted by Crippen LogP contribution is -2.41. The van der Waals surface area contributed by atoms with Crippen molar-refractivity contribution in [1.29, 1.82) is 0 Å². The van der Waals surface area contributed by atoms with Crippen molar-refractivity contribution in [1.82, 2.24) is 9.21 Å². The molecule has 1 aromatic rings. The first-order valence-electron chi connectivity index (χ1n) is 7.77. The molecule has 0 aromatic heterocycles. The molecule has 0 amide bonds. The van der Waals surface area contributed by atoms with Gasteiger partial charge in [-0.25, -0.2) is 12.8 Å². The number of rotatable bonds is 4. The minimum atomic E-state index is -3.73. The summed E-state index contributed by atoms with van der Waals surface area (Å²) in [5.41, 5.74) is -0.466. The van der Waals surface area contributed by atoms with Gasteiger partial charge in [-0.1, -0.05) is 6.07 Å². The van der Waals surface area contributed by atoms with E-state index in [1.165, 1.54) is 16.4 Å². The molecule has 130 valence electrons. The van der Waals surface area contributed by atoms with Crippen LogP contribution in [0.5, 0.6) is 0 Å². The van der Waals surface area contributed by atoms with E-state index in [0.717, 1.165) is 6.07 Å². The molecular weight excluding hydrogens is 319 g/mol. The van der Waals surface area contributed by atoms with Gasteiger partial charge in [0.2, 0.25) is 10.0 Å². The molecule has 1 saturated heterocycles. The van der Waals surface area contributed by atoms with Gasteiger partial charge in [-0.2, -0.15) is 4.31 Å². The van der Waals surface area contributed by atoms with Crippen LogP contribution in [0.15, 0.2) is 23.1 Å². The van der Waals surface area contributed by atoms with E-state index in [4.69, 9.17) is 0 Å². The highest BCUT2D eigenvalue weighted by molar-refractivity contribution is 7.89. The maximum atomic E-state index is 13.7. The smallest absolute Gasteiger partial charge is 0.243 e. The minimum Gasteiger partial charge on any atom is -0.389 e. The van der Waals surface area contributed by atoms with Crippen LogP contribution in [0.1, 0.15) is 24.8 Å². The zero-order chi connectivity index (χ0) is 17.3. The van der Waals surface area contributed by atoms with Crippen molar-refractivity contribution in [3.05, 3.63) is 29.6 Å². The van der Waals surface area contributed by atoms with Gasteiger partial charge in [-0.15, -0.1) is 0 Å². The van der Waals surface area contributed by atoms with Gasteiger partial charge in [-0.3, -0.25) is 0 Å². The third kappa shape index (κ3) is 4.29. The minimum absolute atomic E-state index is 0.0290. The number of sulfonamides is 1. The van der Waals surface area contributed by atoms with Gasteiger partial charge < -0.3 is 10.0 Å². The standard InChI is InChI=1S/C16H25FN2O3S/c1-13-5-6-14(11-15(13)17)23(21,22)19-9-4-7-16(20,8-10-19)12-18(2)3/h5-6,11,20H,4,7-10,12H2,1-3H3. The number of hydrogen-bond donors (Lipinski definition) is 1. The fourth-order valence-electron chi connectivity index (χ4n) is 3.02. The highest BCUT2D eigenvalue weighted by atomic mass is 32.2. The lowest BCUT2D eigenvalue weighted by Gasteiger charge is -2.29. The van der Waals surface area contributed by atoms with Crippen LogP contribution in [0.3, 0.4) is 0 Å². The molecule has 1 aliphatic rings. The predicted molar refractivity (Wildman–Crippen MR) is 87.3 cm³/mol. The molecule has 0 bridgehead atoms. The van der Waals surface area contributed by atoms with Crippen molar-refractivity contribution in [2.45, 2.75) is 36.7 Å². The number of nitrogens with zero attached hydrogens (tertiary/aromatic N) is 2. The number of aliphatic hydroxyl groups is 1. The third-order valence-electron chi connectivity index (χ3n) is 4.27. The molecule has 0 saturated carbocycles. The summed E-state index contributed by atoms with van der Waals surface area (Å²) in [4.78, 5) is 1.87. The quantitative estimate of drug-likeness (QED) is 0.901. The van der Waals surface area contributed by atoms with Crippen LogP contribution in [-0.2, 0) is 10.0 Å². The van der Waals surface area contributed by atoms with Gasteiger partial charge >= 0.3 is 0 Å². The Hall–Kier alpha value is -1.02. The van der Waals surface area contributed by atoms with Crippen molar-refractivity contribution in [2.24, 2.45) is 0 Å². The van der Waals surface area contributed by atoms with Crippen molar-refractivity contribution in [3.8, 4) is 0 Å². The average Bonchev–Trinajstić information content (AvgIpc) is 2.63. The number of benzene rings is 1. The molecule has 1 aliphatic heterocycles. The first-order valence-corrected chi connectivity index (χ1v) is 9.21. The molecule has 0 spiro atoms. The Labute approximate surface area is 137 Å². The summed E-state index contributed by atoms with van der Waals surface area (Å²) in [6.07, 6.45) is 1.51. The molecule has 1 atom stereocenters. The number of hydrogen-bond acceptors (Lipinski definition) is 4. The van der Waals surface area contributed by atoms with E-state index in [9.17, 15) is 17.9 Å². The Morgan fingerprint density at radius 2 is 2.00 bits per heavy atom. The summed E-state index contributed by atoms with van der Waals surface area (Å²) < 4.78 is 40.5. The van der Waals surface area contributed by atoms with E-state index >= 15 is 0 Å². The van der Waals surface area contributed by atoms with E-state index in [2.05, 4.69) is 0 Å². The molecule has 1 aromatic carbocycles. The topological polar surface area (TPSA) is 60.9 Å². The van der Waals surface area contributed by atoms with Gasteiger partial charge in [0.1, 0.15) is 5.82 Å². The lowest BCUT2D eigenvalue weighted by molar-refractivity contribution is 0.00405. The SMILES string of the molecule is Cc1ccc(S(=O)(=O)N2CCCC(O)(CN(C)C)CC2)cc1F. The van der Waals surface area contributed by atoms with E-state index in [-0.39, 0.29) is 11.4 Å². The Morgan fingerprint density at radius 1 is 1.30 bits per heavy atom. The monoisotopic (exact) mass is 344 g/mol. The van der Waals surface area contributed by atoms with Crippen molar-refractivity contribution < 1.29 is 17.9 Å². The zero-order valence-electron chi connectivity index (χ0n) is 13.9. The van der Waals surface area contributed by atoms with Crippen molar-refractivity contribution >= 4 is 10.0 Å². The molecular formula is C16H25FN2O3S. The Balaban J connectivity index is 2.19. The van der Waals surface area contributed by atoms with E-state index in [1.807, 2.05) is 19.0 Å². The van der Waals surface area contributed by atoms with E-state index < -0.39 is 21.4 Å². The molecule has 0 radical (unpaired) electrons. The summed E-state index contributed by atoms with van der Waals surface area (Å²) in [5.74, 6) is -0.523. The second kappa shape index (κ2) is 6.84. The highest BCUT2D eigenvalue weighted by Gasteiger charge is 2.34. The van der Waals surface area contributed by atoms with E-state index in [1.54, 1.807) is 6.92 Å². The number of halogens is 1. The molecule has 23 heavy (non-hydrogen) atoms. The maximum absolute atomic E-state index is 13.7. The average molecular weight is 344 g/mol. The van der Waals surface area contributed by atoms with Crippen LogP contribution in [0, 0.1) is 12.7 Å². The molecule has 1 N–H and O–H groups in total. The molecule has 1 heterocycles. The zero-order valence-corrected chi connectivity index (χ0v) is 14.7. The number of likely N-dealkylation sites (N-methyl/N-ethyl adjacent to an activating group) is 1. The fraction of sp³-hybridized carbons (Fsp3) is 0.625. The molecule has 0 aliphatic carbocycles. The van der Waals surface area contributed by atoms with E-state index in [0.29, 0.717) is 37.9 Å². The van der Waals surface area contributed by atoms with Gasteiger partial charge in [0.15, 0.2) is 0 Å². The van der Waals surface area contributed by atoms with Crippen molar-refractivity contribution in [3.63, 3.8) is 0 Å². The molecule has 1 fully saturated rings. The maximum Gasteiger partial charge on any atom is 0.243 e. The molecule has 1 unspecified atom stereocenters. The van der Waals surface area contributed by atoms with Crippen molar-refractivity contribution in [2.75, 3.05) is 33.7 Å².